The van der Waals surface area contributed by atoms with E-state index in [1.54, 1.807) is 0 Å². The van der Waals surface area contributed by atoms with E-state index in [-0.39, 0.29) is 17.2 Å². The van der Waals surface area contributed by atoms with Crippen molar-refractivity contribution in [2.24, 2.45) is 0 Å². The number of benzene rings is 1. The third-order valence-electron chi connectivity index (χ3n) is 3.99. The molecule has 1 atom stereocenters. The summed E-state index contributed by atoms with van der Waals surface area (Å²) in [5, 5.41) is 1.49. The van der Waals surface area contributed by atoms with Gasteiger partial charge in [-0.25, -0.2) is 4.98 Å². The monoisotopic (exact) mass is 304 g/mol. The topological polar surface area (TPSA) is 44.1 Å². The number of fused-ring (bicyclic) bond motifs is 1. The zero-order valence-corrected chi connectivity index (χ0v) is 13.4. The standard InChI is InChI=1S/C16H20N2O2S/c1-16(2)10-11(8-9-20-16)18-14(19)12-6-4-5-7-13(12)17-15(18)21-3/h4-7,11H,8-10H2,1-3H3/t11-/m0/s1. The van der Waals surface area contributed by atoms with Crippen LogP contribution in [0.25, 0.3) is 10.9 Å². The molecule has 3 rings (SSSR count). The number of para-hydroxylation sites is 1. The number of hydrogen-bond donors (Lipinski definition) is 0. The Balaban J connectivity index is 2.17. The van der Waals surface area contributed by atoms with Gasteiger partial charge >= 0.3 is 0 Å². The largest absolute Gasteiger partial charge is 0.375 e. The van der Waals surface area contributed by atoms with Gasteiger partial charge in [0, 0.05) is 12.6 Å². The Bertz CT molecular complexity index is 724. The predicted octanol–water partition coefficient (Wildman–Crippen LogP) is 3.25. The van der Waals surface area contributed by atoms with E-state index in [9.17, 15) is 4.79 Å². The summed E-state index contributed by atoms with van der Waals surface area (Å²) in [5.74, 6) is 0. The molecular weight excluding hydrogens is 284 g/mol. The zero-order chi connectivity index (χ0) is 15.0. The van der Waals surface area contributed by atoms with E-state index in [1.165, 1.54) is 11.8 Å². The first-order valence-corrected chi connectivity index (χ1v) is 8.43. The molecule has 0 bridgehead atoms. The van der Waals surface area contributed by atoms with Gasteiger partial charge < -0.3 is 4.74 Å². The normalized spacial score (nSPS) is 21.6. The fourth-order valence-electron chi connectivity index (χ4n) is 3.01. The Labute approximate surface area is 128 Å². The fourth-order valence-corrected chi connectivity index (χ4v) is 3.63. The molecule has 112 valence electrons. The molecule has 0 aliphatic carbocycles. The molecule has 21 heavy (non-hydrogen) atoms. The maximum Gasteiger partial charge on any atom is 0.262 e. The lowest BCUT2D eigenvalue weighted by Crippen LogP contribution is -2.39. The molecule has 2 aromatic rings. The number of nitrogens with zero attached hydrogens (tertiary/aromatic N) is 2. The lowest BCUT2D eigenvalue weighted by atomic mass is 9.93. The van der Waals surface area contributed by atoms with Crippen LogP contribution in [-0.4, -0.2) is 28.0 Å². The molecule has 0 saturated carbocycles. The van der Waals surface area contributed by atoms with Crippen molar-refractivity contribution in [3.63, 3.8) is 0 Å². The SMILES string of the molecule is CSc1nc2ccccc2c(=O)n1[C@H]1CCOC(C)(C)C1. The van der Waals surface area contributed by atoms with Crippen LogP contribution in [0.5, 0.6) is 0 Å². The Hall–Kier alpha value is -1.33. The van der Waals surface area contributed by atoms with Crippen molar-refractivity contribution in [3.05, 3.63) is 34.6 Å². The highest BCUT2D eigenvalue weighted by Crippen LogP contribution is 2.33. The summed E-state index contributed by atoms with van der Waals surface area (Å²) in [6, 6.07) is 7.72. The quantitative estimate of drug-likeness (QED) is 0.631. The van der Waals surface area contributed by atoms with Gasteiger partial charge in [-0.2, -0.15) is 0 Å². The van der Waals surface area contributed by atoms with Crippen LogP contribution in [0.2, 0.25) is 0 Å². The highest BCUT2D eigenvalue weighted by Gasteiger charge is 2.31. The van der Waals surface area contributed by atoms with Gasteiger partial charge in [0.25, 0.3) is 5.56 Å². The van der Waals surface area contributed by atoms with E-state index >= 15 is 0 Å². The molecule has 0 amide bonds. The van der Waals surface area contributed by atoms with Crippen molar-refractivity contribution in [1.29, 1.82) is 0 Å². The Morgan fingerprint density at radius 2 is 2.14 bits per heavy atom. The zero-order valence-electron chi connectivity index (χ0n) is 12.6. The maximum absolute atomic E-state index is 12.9. The van der Waals surface area contributed by atoms with Crippen LogP contribution in [0, 0.1) is 0 Å². The number of ether oxygens (including phenoxy) is 1. The van der Waals surface area contributed by atoms with Gasteiger partial charge in [0.15, 0.2) is 5.16 Å². The lowest BCUT2D eigenvalue weighted by molar-refractivity contribution is -0.0708. The first kappa shape index (κ1) is 14.6. The van der Waals surface area contributed by atoms with Crippen molar-refractivity contribution in [1.82, 2.24) is 9.55 Å². The van der Waals surface area contributed by atoms with Gasteiger partial charge in [0.05, 0.1) is 16.5 Å². The Morgan fingerprint density at radius 3 is 2.86 bits per heavy atom. The molecule has 1 aromatic carbocycles. The third-order valence-corrected chi connectivity index (χ3v) is 4.65. The van der Waals surface area contributed by atoms with E-state index in [1.807, 2.05) is 35.1 Å². The molecule has 0 N–H and O–H groups in total. The summed E-state index contributed by atoms with van der Waals surface area (Å²) >= 11 is 1.53. The number of aromatic nitrogens is 2. The molecule has 1 fully saturated rings. The average Bonchev–Trinajstić information content (AvgIpc) is 2.46. The Morgan fingerprint density at radius 1 is 1.38 bits per heavy atom. The molecule has 2 heterocycles. The molecular formula is C16H20N2O2S. The van der Waals surface area contributed by atoms with Crippen molar-refractivity contribution < 1.29 is 4.74 Å². The van der Waals surface area contributed by atoms with Crippen LogP contribution >= 0.6 is 11.8 Å². The first-order chi connectivity index (χ1) is 10.0. The molecule has 1 saturated heterocycles. The van der Waals surface area contributed by atoms with E-state index in [4.69, 9.17) is 4.74 Å². The molecule has 0 radical (unpaired) electrons. The second-order valence-electron chi connectivity index (χ2n) is 6.05. The van der Waals surface area contributed by atoms with Crippen LogP contribution < -0.4 is 5.56 Å². The van der Waals surface area contributed by atoms with Crippen LogP contribution in [0.15, 0.2) is 34.2 Å². The second kappa shape index (κ2) is 5.46. The summed E-state index contributed by atoms with van der Waals surface area (Å²) in [7, 11) is 0. The van der Waals surface area contributed by atoms with Crippen molar-refractivity contribution in [2.75, 3.05) is 12.9 Å². The number of thioether (sulfide) groups is 1. The summed E-state index contributed by atoms with van der Waals surface area (Å²) in [4.78, 5) is 17.5. The third kappa shape index (κ3) is 2.72. The number of hydrogen-bond acceptors (Lipinski definition) is 4. The van der Waals surface area contributed by atoms with Crippen LogP contribution in [0.4, 0.5) is 0 Å². The van der Waals surface area contributed by atoms with Gasteiger partial charge in [-0.05, 0) is 45.1 Å². The van der Waals surface area contributed by atoms with Crippen LogP contribution in [0.3, 0.4) is 0 Å². The van der Waals surface area contributed by atoms with Crippen LogP contribution in [0.1, 0.15) is 32.7 Å². The highest BCUT2D eigenvalue weighted by molar-refractivity contribution is 7.98. The molecule has 1 aromatic heterocycles. The molecule has 0 spiro atoms. The van der Waals surface area contributed by atoms with Crippen molar-refractivity contribution in [2.45, 2.75) is 43.5 Å². The summed E-state index contributed by atoms with van der Waals surface area (Å²) in [5.41, 5.74) is 0.644. The first-order valence-electron chi connectivity index (χ1n) is 7.21. The Kier molecular flexibility index (Phi) is 3.80. The molecule has 4 nitrogen and oxygen atoms in total. The fraction of sp³-hybridized carbons (Fsp3) is 0.500. The minimum Gasteiger partial charge on any atom is -0.375 e. The van der Waals surface area contributed by atoms with Gasteiger partial charge in [0.2, 0.25) is 0 Å². The number of rotatable bonds is 2. The average molecular weight is 304 g/mol. The van der Waals surface area contributed by atoms with Crippen molar-refractivity contribution >= 4 is 22.7 Å². The second-order valence-corrected chi connectivity index (χ2v) is 6.82. The summed E-state index contributed by atoms with van der Waals surface area (Å²) < 4.78 is 7.65. The maximum atomic E-state index is 12.9. The van der Waals surface area contributed by atoms with Gasteiger partial charge in [0.1, 0.15) is 0 Å². The van der Waals surface area contributed by atoms with Crippen molar-refractivity contribution in [3.8, 4) is 0 Å². The van der Waals surface area contributed by atoms with Crippen LogP contribution in [-0.2, 0) is 4.74 Å². The predicted molar refractivity (Wildman–Crippen MR) is 86.1 cm³/mol. The van der Waals surface area contributed by atoms with E-state index in [0.29, 0.717) is 12.0 Å². The molecule has 5 heteroatoms. The molecule has 1 aliphatic heterocycles. The van der Waals surface area contributed by atoms with E-state index in [0.717, 1.165) is 23.5 Å². The van der Waals surface area contributed by atoms with Gasteiger partial charge in [-0.1, -0.05) is 23.9 Å². The summed E-state index contributed by atoms with van der Waals surface area (Å²) in [6.07, 6.45) is 3.66. The van der Waals surface area contributed by atoms with E-state index < -0.39 is 0 Å². The summed E-state index contributed by atoms with van der Waals surface area (Å²) in [6.45, 7) is 4.85. The smallest absolute Gasteiger partial charge is 0.262 e. The van der Waals surface area contributed by atoms with Gasteiger partial charge in [-0.15, -0.1) is 0 Å². The minimum absolute atomic E-state index is 0.0626. The molecule has 1 aliphatic rings. The van der Waals surface area contributed by atoms with E-state index in [2.05, 4.69) is 18.8 Å². The highest BCUT2D eigenvalue weighted by atomic mass is 32.2. The minimum atomic E-state index is -0.191. The van der Waals surface area contributed by atoms with Gasteiger partial charge in [-0.3, -0.25) is 9.36 Å². The molecule has 0 unspecified atom stereocenters. The lowest BCUT2D eigenvalue weighted by Gasteiger charge is -2.36.